The molecule has 0 amide bonds. The molecule has 88 valence electrons. The Morgan fingerprint density at radius 3 is 2.33 bits per heavy atom. The standard InChI is InChI=1S/C15H28/c1-6-8-13(3)10-11-14(4)9-7-12(2)15(13,14)5/h12H,6-11H2,1-5H3. The van der Waals surface area contributed by atoms with E-state index in [1.807, 2.05) is 0 Å². The lowest BCUT2D eigenvalue weighted by Crippen LogP contribution is -2.42. The Balaban J connectivity index is 2.38. The molecule has 0 aromatic heterocycles. The maximum absolute atomic E-state index is 2.60. The van der Waals surface area contributed by atoms with Gasteiger partial charge in [-0.2, -0.15) is 0 Å². The first-order chi connectivity index (χ1) is 6.90. The van der Waals surface area contributed by atoms with Gasteiger partial charge >= 0.3 is 0 Å². The summed E-state index contributed by atoms with van der Waals surface area (Å²) in [5, 5.41) is 0. The third kappa shape index (κ3) is 1.20. The highest BCUT2D eigenvalue weighted by atomic mass is 14.7. The Bertz CT molecular complexity index is 257. The number of rotatable bonds is 2. The predicted octanol–water partition coefficient (Wildman–Crippen LogP) is 5.03. The maximum Gasteiger partial charge on any atom is -0.0192 e. The molecule has 4 unspecified atom stereocenters. The van der Waals surface area contributed by atoms with E-state index < -0.39 is 0 Å². The fraction of sp³-hybridized carbons (Fsp3) is 1.00. The van der Waals surface area contributed by atoms with Gasteiger partial charge in [-0.25, -0.2) is 0 Å². The molecule has 0 spiro atoms. The summed E-state index contributed by atoms with van der Waals surface area (Å²) in [4.78, 5) is 0. The Kier molecular flexibility index (Phi) is 2.48. The first-order valence-electron chi connectivity index (χ1n) is 6.90. The third-order valence-corrected chi connectivity index (χ3v) is 6.65. The van der Waals surface area contributed by atoms with Crippen LogP contribution in [0.15, 0.2) is 0 Å². The molecule has 2 rings (SSSR count). The number of hydrogen-bond donors (Lipinski definition) is 0. The van der Waals surface area contributed by atoms with Gasteiger partial charge in [0.1, 0.15) is 0 Å². The summed E-state index contributed by atoms with van der Waals surface area (Å²) in [7, 11) is 0. The van der Waals surface area contributed by atoms with Crippen molar-refractivity contribution >= 4 is 0 Å². The van der Waals surface area contributed by atoms with E-state index in [1.165, 1.54) is 38.5 Å². The SMILES string of the molecule is CCCC1(C)CCC2(C)CCC(C)C12C. The molecule has 0 N–H and O–H groups in total. The Hall–Kier alpha value is 0. The summed E-state index contributed by atoms with van der Waals surface area (Å²) in [6.45, 7) is 12.6. The van der Waals surface area contributed by atoms with E-state index in [-0.39, 0.29) is 0 Å². The molecule has 0 aromatic rings. The van der Waals surface area contributed by atoms with Crippen molar-refractivity contribution in [3.05, 3.63) is 0 Å². The molecule has 0 heteroatoms. The van der Waals surface area contributed by atoms with Crippen molar-refractivity contribution in [2.45, 2.75) is 73.1 Å². The predicted molar refractivity (Wildman–Crippen MR) is 66.9 cm³/mol. The van der Waals surface area contributed by atoms with Crippen LogP contribution in [0.4, 0.5) is 0 Å². The van der Waals surface area contributed by atoms with Crippen molar-refractivity contribution in [3.63, 3.8) is 0 Å². The minimum absolute atomic E-state index is 0.607. The van der Waals surface area contributed by atoms with Gasteiger partial charge in [-0.05, 0) is 54.3 Å². The summed E-state index contributed by atoms with van der Waals surface area (Å²) >= 11 is 0. The third-order valence-electron chi connectivity index (χ3n) is 6.65. The minimum Gasteiger partial charge on any atom is -0.0654 e. The molecule has 0 heterocycles. The summed E-state index contributed by atoms with van der Waals surface area (Å²) in [5.41, 5.74) is 1.87. The van der Waals surface area contributed by atoms with Gasteiger partial charge in [-0.15, -0.1) is 0 Å². The van der Waals surface area contributed by atoms with Crippen molar-refractivity contribution in [2.75, 3.05) is 0 Å². The van der Waals surface area contributed by atoms with Crippen LogP contribution in [0.1, 0.15) is 73.1 Å². The second kappa shape index (κ2) is 3.25. The smallest absolute Gasteiger partial charge is 0.0192 e. The van der Waals surface area contributed by atoms with Crippen molar-refractivity contribution in [3.8, 4) is 0 Å². The van der Waals surface area contributed by atoms with Crippen LogP contribution in [0.3, 0.4) is 0 Å². The lowest BCUT2D eigenvalue weighted by Gasteiger charge is -2.49. The van der Waals surface area contributed by atoms with Crippen LogP contribution in [-0.2, 0) is 0 Å². The quantitative estimate of drug-likeness (QED) is 0.597. The van der Waals surface area contributed by atoms with Crippen LogP contribution >= 0.6 is 0 Å². The largest absolute Gasteiger partial charge is 0.0654 e. The molecule has 0 aliphatic heterocycles. The minimum atomic E-state index is 0.607. The van der Waals surface area contributed by atoms with E-state index >= 15 is 0 Å². The zero-order chi connectivity index (χ0) is 11.3. The van der Waals surface area contributed by atoms with Crippen LogP contribution < -0.4 is 0 Å². The van der Waals surface area contributed by atoms with Crippen LogP contribution in [0, 0.1) is 22.2 Å². The summed E-state index contributed by atoms with van der Waals surface area (Å²) in [6.07, 6.45) is 8.68. The highest BCUT2D eigenvalue weighted by molar-refractivity contribution is 5.13. The molecule has 0 radical (unpaired) electrons. The lowest BCUT2D eigenvalue weighted by atomic mass is 9.55. The molecule has 0 bridgehead atoms. The second-order valence-electron chi connectivity index (χ2n) is 7.01. The lowest BCUT2D eigenvalue weighted by molar-refractivity contribution is -0.00627. The second-order valence-corrected chi connectivity index (χ2v) is 7.01. The van der Waals surface area contributed by atoms with E-state index in [9.17, 15) is 0 Å². The van der Waals surface area contributed by atoms with E-state index in [4.69, 9.17) is 0 Å². The van der Waals surface area contributed by atoms with E-state index in [0.717, 1.165) is 5.92 Å². The van der Waals surface area contributed by atoms with Gasteiger partial charge in [0.15, 0.2) is 0 Å². The van der Waals surface area contributed by atoms with E-state index in [0.29, 0.717) is 16.2 Å². The van der Waals surface area contributed by atoms with Gasteiger partial charge in [0.25, 0.3) is 0 Å². The maximum atomic E-state index is 2.60. The van der Waals surface area contributed by atoms with Gasteiger partial charge in [0.05, 0.1) is 0 Å². The van der Waals surface area contributed by atoms with E-state index in [2.05, 4.69) is 34.6 Å². The zero-order valence-corrected chi connectivity index (χ0v) is 11.3. The molecule has 0 saturated heterocycles. The topological polar surface area (TPSA) is 0 Å². The highest BCUT2D eigenvalue weighted by Gasteiger charge is 2.64. The van der Waals surface area contributed by atoms with Gasteiger partial charge in [0.2, 0.25) is 0 Å². The van der Waals surface area contributed by atoms with Crippen LogP contribution in [0.2, 0.25) is 0 Å². The first-order valence-corrected chi connectivity index (χ1v) is 6.90. The molecule has 2 aliphatic carbocycles. The molecule has 15 heavy (non-hydrogen) atoms. The van der Waals surface area contributed by atoms with Crippen molar-refractivity contribution in [2.24, 2.45) is 22.2 Å². The monoisotopic (exact) mass is 208 g/mol. The van der Waals surface area contributed by atoms with Crippen molar-refractivity contribution < 1.29 is 0 Å². The molecule has 2 saturated carbocycles. The summed E-state index contributed by atoms with van der Waals surface area (Å²) in [6, 6.07) is 0. The Morgan fingerprint density at radius 1 is 1.07 bits per heavy atom. The van der Waals surface area contributed by atoms with Crippen LogP contribution in [-0.4, -0.2) is 0 Å². The normalized spacial score (nSPS) is 54.6. The number of fused-ring (bicyclic) bond motifs is 1. The molecule has 0 nitrogen and oxygen atoms in total. The molecule has 4 atom stereocenters. The fourth-order valence-electron chi connectivity index (χ4n) is 5.13. The summed E-state index contributed by atoms with van der Waals surface area (Å²) < 4.78 is 0. The van der Waals surface area contributed by atoms with Gasteiger partial charge in [-0.1, -0.05) is 41.0 Å². The average Bonchev–Trinajstić information content (AvgIpc) is 2.53. The number of hydrogen-bond acceptors (Lipinski definition) is 0. The fourth-order valence-corrected chi connectivity index (χ4v) is 5.13. The zero-order valence-electron chi connectivity index (χ0n) is 11.3. The van der Waals surface area contributed by atoms with Crippen molar-refractivity contribution in [1.82, 2.24) is 0 Å². The molecule has 0 aromatic carbocycles. The molecule has 2 fully saturated rings. The Labute approximate surface area is 95.8 Å². The van der Waals surface area contributed by atoms with Gasteiger partial charge < -0.3 is 0 Å². The molecule has 2 aliphatic rings. The highest BCUT2D eigenvalue weighted by Crippen LogP contribution is 2.73. The molecular weight excluding hydrogens is 180 g/mol. The van der Waals surface area contributed by atoms with Crippen LogP contribution in [0.5, 0.6) is 0 Å². The first kappa shape index (κ1) is 11.5. The molecular formula is C15H28. The van der Waals surface area contributed by atoms with Gasteiger partial charge in [-0.3, -0.25) is 0 Å². The summed E-state index contributed by atoms with van der Waals surface area (Å²) in [5.74, 6) is 0.932. The van der Waals surface area contributed by atoms with Crippen molar-refractivity contribution in [1.29, 1.82) is 0 Å². The van der Waals surface area contributed by atoms with E-state index in [1.54, 1.807) is 0 Å². The van der Waals surface area contributed by atoms with Gasteiger partial charge in [0, 0.05) is 0 Å². The average molecular weight is 208 g/mol. The Morgan fingerprint density at radius 2 is 1.73 bits per heavy atom. The van der Waals surface area contributed by atoms with Crippen LogP contribution in [0.25, 0.3) is 0 Å².